The van der Waals surface area contributed by atoms with Gasteiger partial charge in [-0.15, -0.1) is 0 Å². The van der Waals surface area contributed by atoms with Crippen molar-refractivity contribution in [3.05, 3.63) is 18.6 Å². The molecule has 2 aromatic heterocycles. The first-order valence-electron chi connectivity index (χ1n) is 3.30. The lowest BCUT2D eigenvalue weighted by Gasteiger charge is -1.94. The second-order valence-corrected chi connectivity index (χ2v) is 2.42. The molecule has 2 aromatic rings. The highest BCUT2D eigenvalue weighted by molar-refractivity contribution is 5.84. The van der Waals surface area contributed by atoms with E-state index in [0.717, 1.165) is 11.0 Å². The highest BCUT2D eigenvalue weighted by Crippen LogP contribution is 2.14. The van der Waals surface area contributed by atoms with Crippen LogP contribution < -0.4 is 5.73 Å². The van der Waals surface area contributed by atoms with Crippen molar-refractivity contribution in [1.82, 2.24) is 14.5 Å². The van der Waals surface area contributed by atoms with Gasteiger partial charge in [0, 0.05) is 13.2 Å². The summed E-state index contributed by atoms with van der Waals surface area (Å²) in [5.74, 6) is 0.489. The molecule has 0 aliphatic carbocycles. The Bertz CT molecular complexity index is 390. The summed E-state index contributed by atoms with van der Waals surface area (Å²) in [6, 6.07) is 1.89. The molecule has 2 N–H and O–H groups in total. The van der Waals surface area contributed by atoms with Crippen molar-refractivity contribution in [2.75, 3.05) is 5.73 Å². The van der Waals surface area contributed by atoms with Crippen LogP contribution in [0.15, 0.2) is 18.6 Å². The smallest absolute Gasteiger partial charge is 0.151 e. The predicted molar refractivity (Wildman–Crippen MR) is 42.9 cm³/mol. The molecule has 56 valence electrons. The van der Waals surface area contributed by atoms with Crippen LogP contribution in [0.4, 0.5) is 5.82 Å². The van der Waals surface area contributed by atoms with Crippen LogP contribution in [0.3, 0.4) is 0 Å². The summed E-state index contributed by atoms with van der Waals surface area (Å²) in [6.45, 7) is 0. The van der Waals surface area contributed by atoms with Gasteiger partial charge in [-0.3, -0.25) is 0 Å². The van der Waals surface area contributed by atoms with Crippen LogP contribution in [0, 0.1) is 0 Å². The van der Waals surface area contributed by atoms with Crippen LogP contribution in [0.2, 0.25) is 0 Å². The van der Waals surface area contributed by atoms with E-state index in [1.165, 1.54) is 0 Å². The molecule has 0 unspecified atom stereocenters. The third kappa shape index (κ3) is 0.756. The summed E-state index contributed by atoms with van der Waals surface area (Å²) in [5.41, 5.74) is 7.37. The second-order valence-electron chi connectivity index (χ2n) is 2.42. The van der Waals surface area contributed by atoms with Crippen molar-refractivity contribution in [2.24, 2.45) is 7.05 Å². The van der Waals surface area contributed by atoms with Crippen LogP contribution >= 0.6 is 0 Å². The molecule has 0 atom stereocenters. The van der Waals surface area contributed by atoms with Crippen LogP contribution in [-0.2, 0) is 7.05 Å². The third-order valence-corrected chi connectivity index (χ3v) is 1.67. The van der Waals surface area contributed by atoms with Crippen molar-refractivity contribution in [3.63, 3.8) is 0 Å². The van der Waals surface area contributed by atoms with Crippen molar-refractivity contribution in [2.45, 2.75) is 0 Å². The van der Waals surface area contributed by atoms with E-state index in [1.807, 2.05) is 17.7 Å². The molecule has 0 aliphatic heterocycles. The lowest BCUT2D eigenvalue weighted by atomic mass is 10.4. The maximum absolute atomic E-state index is 5.58. The second kappa shape index (κ2) is 1.95. The highest BCUT2D eigenvalue weighted by Gasteiger charge is 2.01. The Morgan fingerprint density at radius 2 is 2.27 bits per heavy atom. The van der Waals surface area contributed by atoms with Gasteiger partial charge in [0.2, 0.25) is 0 Å². The van der Waals surface area contributed by atoms with E-state index in [1.54, 1.807) is 12.5 Å². The van der Waals surface area contributed by atoms with Gasteiger partial charge in [0.15, 0.2) is 5.82 Å². The fourth-order valence-corrected chi connectivity index (χ4v) is 1.08. The standard InChI is InChI=1S/C7H8N4/c1-11-4-10-6-5(11)2-3-9-7(6)8/h2-4H,1H3,(H2,8,9). The van der Waals surface area contributed by atoms with Gasteiger partial charge in [-0.2, -0.15) is 0 Å². The zero-order valence-corrected chi connectivity index (χ0v) is 6.15. The molecule has 0 aromatic carbocycles. The molecule has 0 saturated carbocycles. The monoisotopic (exact) mass is 148 g/mol. The third-order valence-electron chi connectivity index (χ3n) is 1.67. The molecule has 0 bridgehead atoms. The van der Waals surface area contributed by atoms with Gasteiger partial charge >= 0.3 is 0 Å². The zero-order valence-electron chi connectivity index (χ0n) is 6.15. The Kier molecular flexibility index (Phi) is 1.09. The molecule has 11 heavy (non-hydrogen) atoms. The first-order chi connectivity index (χ1) is 5.29. The minimum Gasteiger partial charge on any atom is -0.382 e. The average Bonchev–Trinajstić information content (AvgIpc) is 2.35. The van der Waals surface area contributed by atoms with E-state index in [2.05, 4.69) is 9.97 Å². The predicted octanol–water partition coefficient (Wildman–Crippen LogP) is 0.550. The van der Waals surface area contributed by atoms with Gasteiger partial charge in [-0.1, -0.05) is 0 Å². The van der Waals surface area contributed by atoms with Crippen molar-refractivity contribution < 1.29 is 0 Å². The summed E-state index contributed by atoms with van der Waals surface area (Å²) in [4.78, 5) is 8.02. The summed E-state index contributed by atoms with van der Waals surface area (Å²) in [6.07, 6.45) is 3.40. The number of hydrogen-bond acceptors (Lipinski definition) is 3. The van der Waals surface area contributed by atoms with Gasteiger partial charge in [0.05, 0.1) is 11.8 Å². The highest BCUT2D eigenvalue weighted by atomic mass is 15.0. The van der Waals surface area contributed by atoms with Crippen molar-refractivity contribution in [3.8, 4) is 0 Å². The number of nitrogen functional groups attached to an aromatic ring is 1. The van der Waals surface area contributed by atoms with E-state index < -0.39 is 0 Å². The summed E-state index contributed by atoms with van der Waals surface area (Å²) >= 11 is 0. The molecular weight excluding hydrogens is 140 g/mol. The van der Waals surface area contributed by atoms with Crippen molar-refractivity contribution in [1.29, 1.82) is 0 Å². The van der Waals surface area contributed by atoms with Crippen LogP contribution in [0.25, 0.3) is 11.0 Å². The number of rotatable bonds is 0. The number of aryl methyl sites for hydroxylation is 1. The number of imidazole rings is 1. The molecule has 0 saturated heterocycles. The van der Waals surface area contributed by atoms with Gasteiger partial charge in [0.1, 0.15) is 5.52 Å². The minimum absolute atomic E-state index is 0.489. The Hall–Kier alpha value is -1.58. The van der Waals surface area contributed by atoms with Gasteiger partial charge < -0.3 is 10.3 Å². The Labute approximate surface area is 63.7 Å². The summed E-state index contributed by atoms with van der Waals surface area (Å²) in [5, 5.41) is 0. The van der Waals surface area contributed by atoms with E-state index in [9.17, 15) is 0 Å². The van der Waals surface area contributed by atoms with Gasteiger partial charge in [-0.25, -0.2) is 9.97 Å². The number of hydrogen-bond donors (Lipinski definition) is 1. The average molecular weight is 148 g/mol. The van der Waals surface area contributed by atoms with E-state index >= 15 is 0 Å². The Morgan fingerprint density at radius 1 is 1.45 bits per heavy atom. The first-order valence-corrected chi connectivity index (χ1v) is 3.30. The molecule has 4 heteroatoms. The van der Waals surface area contributed by atoms with Crippen LogP contribution in [0.1, 0.15) is 0 Å². The molecule has 0 radical (unpaired) electrons. The maximum atomic E-state index is 5.58. The fourth-order valence-electron chi connectivity index (χ4n) is 1.08. The quantitative estimate of drug-likeness (QED) is 0.593. The number of aromatic nitrogens is 3. The molecule has 4 nitrogen and oxygen atoms in total. The summed E-state index contributed by atoms with van der Waals surface area (Å²) < 4.78 is 1.91. The van der Waals surface area contributed by atoms with Gasteiger partial charge in [-0.05, 0) is 6.07 Å². The van der Waals surface area contributed by atoms with Gasteiger partial charge in [0.25, 0.3) is 0 Å². The largest absolute Gasteiger partial charge is 0.382 e. The number of anilines is 1. The molecule has 0 spiro atoms. The lowest BCUT2D eigenvalue weighted by Crippen LogP contribution is -1.91. The van der Waals surface area contributed by atoms with Crippen LogP contribution in [-0.4, -0.2) is 14.5 Å². The van der Waals surface area contributed by atoms with Crippen LogP contribution in [0.5, 0.6) is 0 Å². The zero-order chi connectivity index (χ0) is 7.84. The van der Waals surface area contributed by atoms with E-state index in [4.69, 9.17) is 5.73 Å². The number of nitrogens with two attached hydrogens (primary N) is 1. The molecular formula is C7H8N4. The minimum atomic E-state index is 0.489. The number of fused-ring (bicyclic) bond motifs is 1. The molecule has 0 fully saturated rings. The Morgan fingerprint density at radius 3 is 3.00 bits per heavy atom. The SMILES string of the molecule is Cn1cnc2c(N)nccc21. The van der Waals surface area contributed by atoms with E-state index in [0.29, 0.717) is 5.82 Å². The lowest BCUT2D eigenvalue weighted by molar-refractivity contribution is 0.947. The molecule has 0 aliphatic rings. The molecule has 2 rings (SSSR count). The summed E-state index contributed by atoms with van der Waals surface area (Å²) in [7, 11) is 1.93. The number of nitrogens with zero attached hydrogens (tertiary/aromatic N) is 3. The Balaban J connectivity index is 2.94. The van der Waals surface area contributed by atoms with Crippen molar-refractivity contribution >= 4 is 16.9 Å². The molecule has 2 heterocycles. The normalized spacial score (nSPS) is 10.6. The number of pyridine rings is 1. The maximum Gasteiger partial charge on any atom is 0.151 e. The fraction of sp³-hybridized carbons (Fsp3) is 0.143. The first kappa shape index (κ1) is 6.15. The topological polar surface area (TPSA) is 56.7 Å². The van der Waals surface area contributed by atoms with E-state index in [-0.39, 0.29) is 0 Å². The molecule has 0 amide bonds.